The molecule has 376 valence electrons. The molecule has 0 bridgehead atoms. The van der Waals surface area contributed by atoms with Crippen LogP contribution in [-0.4, -0.2) is 78.3 Å². The maximum atomic E-state index is 11.4. The third-order valence-corrected chi connectivity index (χ3v) is 6.17. The molecular formula is C40H96O16S4. The van der Waals surface area contributed by atoms with E-state index in [9.17, 15) is 25.3 Å². The zero-order valence-electron chi connectivity index (χ0n) is 37.2. The van der Waals surface area contributed by atoms with Crippen molar-refractivity contribution in [3.8, 4) is 0 Å². The quantitative estimate of drug-likeness (QED) is 0.105. The van der Waals surface area contributed by atoms with E-state index in [-0.39, 0.29) is 77.8 Å². The number of hydrogen-bond donors (Lipinski definition) is 4. The highest BCUT2D eigenvalue weighted by Gasteiger charge is 2.18. The second kappa shape index (κ2) is 44.1. The lowest BCUT2D eigenvalue weighted by atomic mass is 9.93. The molecule has 0 rings (SSSR count). The number of hydrogen-bond acceptors (Lipinski definition) is 12. The normalized spacial score (nSPS) is 10.9. The number of allylic oxidation sites excluding steroid dienone is 2. The molecule has 0 fully saturated rings. The molecule has 60 heavy (non-hydrogen) atoms. The largest absolute Gasteiger partial charge is 0.399 e. The van der Waals surface area contributed by atoms with Gasteiger partial charge in [0.15, 0.2) is 0 Å². The van der Waals surface area contributed by atoms with Crippen molar-refractivity contribution in [1.82, 2.24) is 0 Å². The van der Waals surface area contributed by atoms with Crippen LogP contribution >= 0.6 is 0 Å². The molecule has 0 unspecified atom stereocenters. The first-order valence-corrected chi connectivity index (χ1v) is 22.5. The average Bonchev–Trinajstić information content (AvgIpc) is 2.85. The van der Waals surface area contributed by atoms with Crippen molar-refractivity contribution >= 4 is 41.6 Å². The van der Waals surface area contributed by atoms with E-state index in [0.29, 0.717) is 25.7 Å². The molecule has 4 N–H and O–H groups in total. The van der Waals surface area contributed by atoms with Crippen molar-refractivity contribution in [2.24, 2.45) is 21.7 Å². The van der Waals surface area contributed by atoms with Crippen LogP contribution in [0.15, 0.2) is 50.6 Å². The van der Waals surface area contributed by atoms with E-state index >= 15 is 0 Å². The van der Waals surface area contributed by atoms with Gasteiger partial charge in [-0.05, 0) is 75.0 Å². The Kier molecular flexibility index (Phi) is 65.7. The van der Waals surface area contributed by atoms with Crippen LogP contribution in [0, 0.1) is 21.7 Å². The van der Waals surface area contributed by atoms with Crippen molar-refractivity contribution in [3.05, 3.63) is 50.6 Å². The molecule has 20 heteroatoms. The first kappa shape index (κ1) is 89.4. The highest BCUT2D eigenvalue weighted by molar-refractivity contribution is 7.82. The van der Waals surface area contributed by atoms with Crippen molar-refractivity contribution in [2.75, 3.05) is 26.4 Å². The Hall–Kier alpha value is -1.56. The fraction of sp³-hybridized carbons (Fsp3) is 0.800. The first-order valence-electron chi connectivity index (χ1n) is 17.0. The van der Waals surface area contributed by atoms with Crippen LogP contribution < -0.4 is 0 Å². The fourth-order valence-electron chi connectivity index (χ4n) is 1.84. The predicted molar refractivity (Wildman–Crippen MR) is 257 cm³/mol. The van der Waals surface area contributed by atoms with Crippen LogP contribution in [0.1, 0.15) is 166 Å². The Balaban J connectivity index is -0.0000000477. The molecule has 16 nitrogen and oxygen atoms in total. The second-order valence-electron chi connectivity index (χ2n) is 16.7. The van der Waals surface area contributed by atoms with Crippen molar-refractivity contribution in [3.63, 3.8) is 0 Å². The Labute approximate surface area is 373 Å². The summed E-state index contributed by atoms with van der Waals surface area (Å²) in [5, 5.41) is 0. The fourth-order valence-corrected chi connectivity index (χ4v) is 3.07. The summed E-state index contributed by atoms with van der Waals surface area (Å²) in [6, 6.07) is 0. The molecular weight excluding hydrogens is 865 g/mol. The Morgan fingerprint density at radius 1 is 0.400 bits per heavy atom. The van der Waals surface area contributed by atoms with Crippen LogP contribution in [-0.2, 0) is 58.3 Å². The van der Waals surface area contributed by atoms with Gasteiger partial charge in [0.25, 0.3) is 0 Å². The van der Waals surface area contributed by atoms with Crippen molar-refractivity contribution in [2.45, 2.75) is 166 Å². The van der Waals surface area contributed by atoms with Gasteiger partial charge < -0.3 is 0 Å². The standard InChI is InChI=1S/C12H26O4S.2C6H14O4S.2C4H8.2C2H4.4CH4.H2O4S/c1-11(2,3)7-9-15-17(13,14)16-10-8-12(4,5)6;2*1-6(2,3)4-5-10-11(7,8)9;2*1-4(2)3;2*1-2;;;;;1-5(2,3)4/h7-10H2,1-6H3;2*4-5H2,1-3H3,(H,7,8,9);2*1H2,2-3H3;2*1-2H2;4*1H4;(H2,1,2,3,4). The van der Waals surface area contributed by atoms with E-state index in [1.807, 2.05) is 111 Å². The smallest absolute Gasteiger partial charge is 0.264 e. The highest BCUT2D eigenvalue weighted by atomic mass is 32.3. The van der Waals surface area contributed by atoms with Gasteiger partial charge in [0.2, 0.25) is 0 Å². The van der Waals surface area contributed by atoms with Gasteiger partial charge in [-0.1, -0.05) is 124 Å². The molecule has 0 saturated heterocycles. The minimum atomic E-state index is -4.67. The Bertz CT molecular complexity index is 1310. The van der Waals surface area contributed by atoms with Gasteiger partial charge in [0, 0.05) is 0 Å². The monoisotopic (exact) mass is 961 g/mol. The van der Waals surface area contributed by atoms with E-state index in [4.69, 9.17) is 35.0 Å². The minimum Gasteiger partial charge on any atom is -0.264 e. The van der Waals surface area contributed by atoms with Gasteiger partial charge in [-0.2, -0.15) is 33.7 Å². The second-order valence-corrected chi connectivity index (χ2v) is 21.0. The molecule has 0 radical (unpaired) electrons. The Morgan fingerprint density at radius 3 is 0.617 bits per heavy atom. The molecule has 0 spiro atoms. The van der Waals surface area contributed by atoms with Gasteiger partial charge in [0.05, 0.1) is 26.4 Å². The molecule has 0 atom stereocenters. The van der Waals surface area contributed by atoms with E-state index in [0.717, 1.165) is 0 Å². The predicted octanol–water partition coefficient (Wildman–Crippen LogP) is 12.3. The molecule has 0 aliphatic heterocycles. The van der Waals surface area contributed by atoms with Crippen LogP contribution in [0.4, 0.5) is 0 Å². The number of rotatable bonds is 12. The summed E-state index contributed by atoms with van der Waals surface area (Å²) >= 11 is 0. The molecule has 0 aromatic carbocycles. The third kappa shape index (κ3) is 187. The molecule has 0 aliphatic carbocycles. The molecule has 0 aliphatic rings. The zero-order valence-corrected chi connectivity index (χ0v) is 40.5. The molecule has 0 aromatic rings. The molecule has 0 saturated carbocycles. The molecule has 0 heterocycles. The summed E-state index contributed by atoms with van der Waals surface area (Å²) in [5.74, 6) is 0. The Morgan fingerprint density at radius 2 is 0.517 bits per heavy atom. The van der Waals surface area contributed by atoms with Crippen LogP contribution in [0.2, 0.25) is 0 Å². The van der Waals surface area contributed by atoms with Gasteiger partial charge in [0.1, 0.15) is 0 Å². The van der Waals surface area contributed by atoms with Gasteiger partial charge in [-0.25, -0.2) is 16.7 Å². The van der Waals surface area contributed by atoms with Crippen LogP contribution in [0.25, 0.3) is 0 Å². The summed E-state index contributed by atoms with van der Waals surface area (Å²) in [6.45, 7) is 51.3. The summed E-state index contributed by atoms with van der Waals surface area (Å²) in [7, 11) is -17.0. The topological polar surface area (TPSA) is 254 Å². The summed E-state index contributed by atoms with van der Waals surface area (Å²) < 4.78 is 129. The van der Waals surface area contributed by atoms with Crippen LogP contribution in [0.5, 0.6) is 0 Å². The maximum Gasteiger partial charge on any atom is 0.399 e. The lowest BCUT2D eigenvalue weighted by Gasteiger charge is -2.18. The van der Waals surface area contributed by atoms with E-state index < -0.39 is 41.6 Å². The molecule has 0 aromatic heterocycles. The summed E-state index contributed by atoms with van der Waals surface area (Å²) in [6.07, 6.45) is 2.53. The highest BCUT2D eigenvalue weighted by Crippen LogP contribution is 2.21. The molecule has 0 amide bonds. The van der Waals surface area contributed by atoms with Gasteiger partial charge in [-0.15, -0.1) is 39.5 Å². The van der Waals surface area contributed by atoms with Gasteiger partial charge in [-0.3, -0.25) is 18.2 Å². The lowest BCUT2D eigenvalue weighted by Crippen LogP contribution is -2.18. The van der Waals surface area contributed by atoms with Gasteiger partial charge >= 0.3 is 41.6 Å². The maximum absolute atomic E-state index is 11.4. The first-order chi connectivity index (χ1) is 24.3. The minimum absolute atomic E-state index is 0. The summed E-state index contributed by atoms with van der Waals surface area (Å²) in [5.41, 5.74) is 2.48. The van der Waals surface area contributed by atoms with Crippen molar-refractivity contribution < 1.29 is 68.6 Å². The van der Waals surface area contributed by atoms with E-state index in [1.165, 1.54) is 11.1 Å². The van der Waals surface area contributed by atoms with E-state index in [2.05, 4.69) is 47.8 Å². The summed E-state index contributed by atoms with van der Waals surface area (Å²) in [4.78, 5) is 0. The van der Waals surface area contributed by atoms with Crippen LogP contribution in [0.3, 0.4) is 0 Å². The van der Waals surface area contributed by atoms with Crippen molar-refractivity contribution in [1.29, 1.82) is 0 Å². The SMILES string of the molecule is C.C.C.C.C=C.C=C.C=C(C)C.C=C(C)C.CC(C)(C)CCOS(=O)(=O)O.CC(C)(C)CCOS(=O)(=O)O.CC(C)(C)CCOS(=O)(=O)OCCC(C)(C)C.O=S(=O)(O)O. The third-order valence-electron chi connectivity index (χ3n) is 4.33. The lowest BCUT2D eigenvalue weighted by molar-refractivity contribution is 0.175. The average molecular weight is 961 g/mol. The zero-order chi connectivity index (χ0) is 47.6. The van der Waals surface area contributed by atoms with E-state index in [1.54, 1.807) is 0 Å².